The van der Waals surface area contributed by atoms with Crippen molar-refractivity contribution in [2.75, 3.05) is 19.6 Å². The van der Waals surface area contributed by atoms with Gasteiger partial charge in [-0.3, -0.25) is 4.79 Å². The van der Waals surface area contributed by atoms with Crippen LogP contribution in [0.25, 0.3) is 11.0 Å². The molecule has 1 aromatic heterocycles. The molecule has 2 N–H and O–H groups in total. The Morgan fingerprint density at radius 1 is 1.40 bits per heavy atom. The minimum atomic E-state index is -0.133. The quantitative estimate of drug-likeness (QED) is 0.906. The standard InChI is InChI=1S/C15H17BrN2O2/c16-12-3-1-2-11-8-13(20-14(11)12)15(19)18-9-10-4-6-17-7-5-10/h1-3,8,10,17H,4-7,9H2,(H,18,19). The maximum absolute atomic E-state index is 12.1. The third-order valence-electron chi connectivity index (χ3n) is 3.73. The van der Waals surface area contributed by atoms with E-state index in [1.807, 2.05) is 18.2 Å². The van der Waals surface area contributed by atoms with Crippen molar-refractivity contribution >= 4 is 32.8 Å². The summed E-state index contributed by atoms with van der Waals surface area (Å²) >= 11 is 3.43. The van der Waals surface area contributed by atoms with Crippen molar-refractivity contribution in [3.05, 3.63) is 34.5 Å². The molecule has 1 amide bonds. The molecule has 0 bridgehead atoms. The summed E-state index contributed by atoms with van der Waals surface area (Å²) in [6.07, 6.45) is 2.23. The number of rotatable bonds is 3. The summed E-state index contributed by atoms with van der Waals surface area (Å²) in [5.41, 5.74) is 0.722. The van der Waals surface area contributed by atoms with Gasteiger partial charge in [-0.2, -0.15) is 0 Å². The van der Waals surface area contributed by atoms with E-state index < -0.39 is 0 Å². The van der Waals surface area contributed by atoms with Crippen LogP contribution < -0.4 is 10.6 Å². The second-order valence-electron chi connectivity index (χ2n) is 5.17. The van der Waals surface area contributed by atoms with Crippen molar-refractivity contribution in [1.82, 2.24) is 10.6 Å². The summed E-state index contributed by atoms with van der Waals surface area (Å²) in [7, 11) is 0. The molecule has 0 saturated carbocycles. The van der Waals surface area contributed by atoms with Crippen molar-refractivity contribution in [3.63, 3.8) is 0 Å². The zero-order chi connectivity index (χ0) is 13.9. The minimum absolute atomic E-state index is 0.133. The first-order valence-electron chi connectivity index (χ1n) is 6.91. The summed E-state index contributed by atoms with van der Waals surface area (Å²) in [4.78, 5) is 12.1. The number of nitrogens with one attached hydrogen (secondary N) is 2. The van der Waals surface area contributed by atoms with E-state index in [1.54, 1.807) is 6.07 Å². The van der Waals surface area contributed by atoms with Gasteiger partial charge in [0.15, 0.2) is 5.76 Å². The highest BCUT2D eigenvalue weighted by molar-refractivity contribution is 9.10. The molecule has 1 fully saturated rings. The molecular weight excluding hydrogens is 320 g/mol. The molecular formula is C15H17BrN2O2. The lowest BCUT2D eigenvalue weighted by molar-refractivity contribution is 0.0918. The summed E-state index contributed by atoms with van der Waals surface area (Å²) in [5, 5.41) is 7.23. The molecule has 5 heteroatoms. The summed E-state index contributed by atoms with van der Waals surface area (Å²) in [6.45, 7) is 2.80. The topological polar surface area (TPSA) is 54.3 Å². The van der Waals surface area contributed by atoms with Crippen molar-refractivity contribution in [2.45, 2.75) is 12.8 Å². The fourth-order valence-corrected chi connectivity index (χ4v) is 3.01. The van der Waals surface area contributed by atoms with Gasteiger partial charge in [0.05, 0.1) is 4.47 Å². The molecule has 20 heavy (non-hydrogen) atoms. The van der Waals surface area contributed by atoms with Gasteiger partial charge >= 0.3 is 0 Å². The second-order valence-corrected chi connectivity index (χ2v) is 6.03. The van der Waals surface area contributed by atoms with Crippen LogP contribution in [0.2, 0.25) is 0 Å². The van der Waals surface area contributed by atoms with Gasteiger partial charge in [0.25, 0.3) is 5.91 Å². The average Bonchev–Trinajstić information content (AvgIpc) is 2.91. The van der Waals surface area contributed by atoms with Gasteiger partial charge in [0.2, 0.25) is 0 Å². The molecule has 1 aliphatic rings. The molecule has 0 radical (unpaired) electrons. The Hall–Kier alpha value is -1.33. The number of hydrogen-bond donors (Lipinski definition) is 2. The first kappa shape index (κ1) is 13.6. The van der Waals surface area contributed by atoms with Crippen LogP contribution in [0, 0.1) is 5.92 Å². The van der Waals surface area contributed by atoms with Crippen LogP contribution in [0.1, 0.15) is 23.4 Å². The zero-order valence-electron chi connectivity index (χ0n) is 11.1. The highest BCUT2D eigenvalue weighted by atomic mass is 79.9. The first-order chi connectivity index (χ1) is 9.74. The predicted octanol–water partition coefficient (Wildman–Crippen LogP) is 2.92. The molecule has 3 rings (SSSR count). The van der Waals surface area contributed by atoms with E-state index in [0.29, 0.717) is 11.7 Å². The Bertz CT molecular complexity index is 617. The van der Waals surface area contributed by atoms with Crippen LogP contribution in [0.5, 0.6) is 0 Å². The van der Waals surface area contributed by atoms with Crippen LogP contribution in [0.3, 0.4) is 0 Å². The number of carbonyl (C=O) groups is 1. The summed E-state index contributed by atoms with van der Waals surface area (Å²) < 4.78 is 6.50. The highest BCUT2D eigenvalue weighted by Gasteiger charge is 2.17. The van der Waals surface area contributed by atoms with Gasteiger partial charge in [0, 0.05) is 11.9 Å². The Kier molecular flexibility index (Phi) is 4.08. The van der Waals surface area contributed by atoms with Crippen molar-refractivity contribution in [3.8, 4) is 0 Å². The van der Waals surface area contributed by atoms with Gasteiger partial charge in [-0.15, -0.1) is 0 Å². The lowest BCUT2D eigenvalue weighted by atomic mass is 9.98. The number of halogens is 1. The maximum atomic E-state index is 12.1. The monoisotopic (exact) mass is 336 g/mol. The van der Waals surface area contributed by atoms with E-state index in [4.69, 9.17) is 4.42 Å². The van der Waals surface area contributed by atoms with Gasteiger partial charge < -0.3 is 15.1 Å². The van der Waals surface area contributed by atoms with E-state index >= 15 is 0 Å². The normalized spacial score (nSPS) is 16.4. The second kappa shape index (κ2) is 5.97. The Morgan fingerprint density at radius 2 is 2.20 bits per heavy atom. The SMILES string of the molecule is O=C(NCC1CCNCC1)c1cc2cccc(Br)c2o1. The van der Waals surface area contributed by atoms with E-state index in [0.717, 1.165) is 47.9 Å². The highest BCUT2D eigenvalue weighted by Crippen LogP contribution is 2.26. The van der Waals surface area contributed by atoms with Gasteiger partial charge in [0.1, 0.15) is 5.58 Å². The number of benzene rings is 1. The van der Waals surface area contributed by atoms with E-state index in [1.165, 1.54) is 0 Å². The third-order valence-corrected chi connectivity index (χ3v) is 4.35. The maximum Gasteiger partial charge on any atom is 0.287 e. The number of carbonyl (C=O) groups excluding carboxylic acids is 1. The summed E-state index contributed by atoms with van der Waals surface area (Å²) in [6, 6.07) is 7.56. The van der Waals surface area contributed by atoms with Crippen LogP contribution in [-0.2, 0) is 0 Å². The number of para-hydroxylation sites is 1. The average molecular weight is 337 g/mol. The molecule has 2 heterocycles. The molecule has 0 spiro atoms. The molecule has 0 unspecified atom stereocenters. The lowest BCUT2D eigenvalue weighted by Gasteiger charge is -2.22. The van der Waals surface area contributed by atoms with E-state index in [9.17, 15) is 4.79 Å². The number of furan rings is 1. The predicted molar refractivity (Wildman–Crippen MR) is 81.8 cm³/mol. The van der Waals surface area contributed by atoms with E-state index in [2.05, 4.69) is 26.6 Å². The fraction of sp³-hybridized carbons (Fsp3) is 0.400. The zero-order valence-corrected chi connectivity index (χ0v) is 12.7. The largest absolute Gasteiger partial charge is 0.450 e. The number of piperidine rings is 1. The molecule has 2 aromatic rings. The first-order valence-corrected chi connectivity index (χ1v) is 7.70. The van der Waals surface area contributed by atoms with Gasteiger partial charge in [-0.1, -0.05) is 12.1 Å². The van der Waals surface area contributed by atoms with Crippen LogP contribution in [0.15, 0.2) is 33.2 Å². The number of fused-ring (bicyclic) bond motifs is 1. The molecule has 1 aliphatic heterocycles. The van der Waals surface area contributed by atoms with Gasteiger partial charge in [-0.25, -0.2) is 0 Å². The lowest BCUT2D eigenvalue weighted by Crippen LogP contribution is -2.35. The molecule has 0 aliphatic carbocycles. The Balaban J connectivity index is 1.67. The minimum Gasteiger partial charge on any atom is -0.450 e. The number of amides is 1. The third kappa shape index (κ3) is 2.88. The van der Waals surface area contributed by atoms with Crippen LogP contribution >= 0.6 is 15.9 Å². The van der Waals surface area contributed by atoms with Crippen molar-refractivity contribution in [2.24, 2.45) is 5.92 Å². The van der Waals surface area contributed by atoms with Gasteiger partial charge in [-0.05, 0) is 59.9 Å². The fourth-order valence-electron chi connectivity index (χ4n) is 2.55. The number of hydrogen-bond acceptors (Lipinski definition) is 3. The molecule has 1 saturated heterocycles. The molecule has 106 valence electrons. The van der Waals surface area contributed by atoms with E-state index in [-0.39, 0.29) is 5.91 Å². The smallest absolute Gasteiger partial charge is 0.287 e. The summed E-state index contributed by atoms with van der Waals surface area (Å²) in [5.74, 6) is 0.809. The van der Waals surface area contributed by atoms with Crippen LogP contribution in [-0.4, -0.2) is 25.5 Å². The van der Waals surface area contributed by atoms with Crippen molar-refractivity contribution in [1.29, 1.82) is 0 Å². The van der Waals surface area contributed by atoms with Crippen molar-refractivity contribution < 1.29 is 9.21 Å². The molecule has 0 atom stereocenters. The Labute approximate surface area is 126 Å². The molecule has 4 nitrogen and oxygen atoms in total. The van der Waals surface area contributed by atoms with Crippen LogP contribution in [0.4, 0.5) is 0 Å². The Morgan fingerprint density at radius 3 is 2.95 bits per heavy atom. The molecule has 1 aromatic carbocycles.